The van der Waals surface area contributed by atoms with E-state index in [1.165, 1.54) is 11.8 Å². The topological polar surface area (TPSA) is 59.5 Å². The Morgan fingerprint density at radius 2 is 1.92 bits per heavy atom. The van der Waals surface area contributed by atoms with Gasteiger partial charge < -0.3 is 9.64 Å². The SMILES string of the molecule is COc1ccc(C2CC(C)N(c3ncccc3S(C)(=O)=O)C2)cc1. The van der Waals surface area contributed by atoms with E-state index in [-0.39, 0.29) is 6.04 Å². The van der Waals surface area contributed by atoms with Crippen LogP contribution in [-0.4, -0.2) is 39.4 Å². The summed E-state index contributed by atoms with van der Waals surface area (Å²) in [6.45, 7) is 2.87. The summed E-state index contributed by atoms with van der Waals surface area (Å²) in [4.78, 5) is 6.76. The molecule has 2 aromatic rings. The molecule has 0 N–H and O–H groups in total. The number of nitrogens with zero attached hydrogens (tertiary/aromatic N) is 2. The quantitative estimate of drug-likeness (QED) is 0.852. The number of methoxy groups -OCH3 is 1. The van der Waals surface area contributed by atoms with Gasteiger partial charge in [0.2, 0.25) is 0 Å². The van der Waals surface area contributed by atoms with Crippen LogP contribution in [0.4, 0.5) is 5.82 Å². The second kappa shape index (κ2) is 6.43. The van der Waals surface area contributed by atoms with Gasteiger partial charge in [0.1, 0.15) is 16.5 Å². The first kappa shape index (κ1) is 16.8. The van der Waals surface area contributed by atoms with Crippen LogP contribution in [-0.2, 0) is 9.84 Å². The van der Waals surface area contributed by atoms with Gasteiger partial charge in [-0.2, -0.15) is 0 Å². The third-order valence-electron chi connectivity index (χ3n) is 4.58. The minimum absolute atomic E-state index is 0.229. The Bertz CT molecular complexity index is 818. The molecule has 2 unspecified atom stereocenters. The van der Waals surface area contributed by atoms with Crippen molar-refractivity contribution in [2.45, 2.75) is 30.2 Å². The number of pyridine rings is 1. The van der Waals surface area contributed by atoms with Crippen molar-refractivity contribution >= 4 is 15.7 Å². The third-order valence-corrected chi connectivity index (χ3v) is 5.70. The van der Waals surface area contributed by atoms with E-state index in [0.29, 0.717) is 16.6 Å². The first-order chi connectivity index (χ1) is 11.4. The minimum atomic E-state index is -3.31. The number of aromatic nitrogens is 1. The van der Waals surface area contributed by atoms with Gasteiger partial charge in [-0.3, -0.25) is 0 Å². The van der Waals surface area contributed by atoms with E-state index in [2.05, 4.69) is 28.9 Å². The Labute approximate surface area is 143 Å². The molecular formula is C18H22N2O3S. The van der Waals surface area contributed by atoms with Crippen LogP contribution < -0.4 is 9.64 Å². The van der Waals surface area contributed by atoms with Gasteiger partial charge >= 0.3 is 0 Å². The van der Waals surface area contributed by atoms with Gasteiger partial charge in [-0.25, -0.2) is 13.4 Å². The number of ether oxygens (including phenoxy) is 1. The van der Waals surface area contributed by atoms with Crippen LogP contribution in [0, 0.1) is 0 Å². The second-order valence-corrected chi connectivity index (χ2v) is 8.29. The molecule has 0 spiro atoms. The monoisotopic (exact) mass is 346 g/mol. The van der Waals surface area contributed by atoms with Crippen molar-refractivity contribution in [2.24, 2.45) is 0 Å². The van der Waals surface area contributed by atoms with Gasteiger partial charge in [0, 0.05) is 31.0 Å². The fraction of sp³-hybridized carbons (Fsp3) is 0.389. The van der Waals surface area contributed by atoms with Crippen LogP contribution in [0.2, 0.25) is 0 Å². The molecule has 0 amide bonds. The molecule has 128 valence electrons. The molecule has 1 aromatic carbocycles. The summed E-state index contributed by atoms with van der Waals surface area (Å²) in [5.74, 6) is 1.74. The zero-order valence-electron chi connectivity index (χ0n) is 14.1. The summed E-state index contributed by atoms with van der Waals surface area (Å²) in [7, 11) is -1.65. The molecule has 1 aromatic heterocycles. The Balaban J connectivity index is 1.89. The van der Waals surface area contributed by atoms with Crippen molar-refractivity contribution in [2.75, 3.05) is 24.8 Å². The normalized spacial score (nSPS) is 21.0. The Hall–Kier alpha value is -2.08. The number of rotatable bonds is 4. The van der Waals surface area contributed by atoms with Crippen LogP contribution in [0.1, 0.15) is 24.8 Å². The number of benzene rings is 1. The molecule has 3 rings (SSSR count). The van der Waals surface area contributed by atoms with Crippen LogP contribution in [0.5, 0.6) is 5.75 Å². The molecule has 0 bridgehead atoms. The number of anilines is 1. The molecule has 2 atom stereocenters. The van der Waals surface area contributed by atoms with Crippen LogP contribution in [0.25, 0.3) is 0 Å². The predicted octanol–water partition coefficient (Wildman–Crippen LogP) is 2.88. The van der Waals surface area contributed by atoms with Gasteiger partial charge in [0.15, 0.2) is 9.84 Å². The third kappa shape index (κ3) is 3.24. The van der Waals surface area contributed by atoms with E-state index in [9.17, 15) is 8.42 Å². The van der Waals surface area contributed by atoms with Gasteiger partial charge in [-0.15, -0.1) is 0 Å². The van der Waals surface area contributed by atoms with Crippen LogP contribution in [0.3, 0.4) is 0 Å². The molecular weight excluding hydrogens is 324 g/mol. The van der Waals surface area contributed by atoms with E-state index < -0.39 is 9.84 Å². The lowest BCUT2D eigenvalue weighted by atomic mass is 9.97. The lowest BCUT2D eigenvalue weighted by molar-refractivity contribution is 0.414. The molecule has 1 saturated heterocycles. The standard InChI is InChI=1S/C18H22N2O3S/c1-13-11-15(14-6-8-16(23-2)9-7-14)12-20(13)18-17(24(3,21)22)5-4-10-19-18/h4-10,13,15H,11-12H2,1-3H3. The van der Waals surface area contributed by atoms with Gasteiger partial charge in [-0.1, -0.05) is 12.1 Å². The lowest BCUT2D eigenvalue weighted by Gasteiger charge is -2.24. The summed E-state index contributed by atoms with van der Waals surface area (Å²) in [6.07, 6.45) is 3.85. The highest BCUT2D eigenvalue weighted by molar-refractivity contribution is 7.90. The molecule has 1 fully saturated rings. The lowest BCUT2D eigenvalue weighted by Crippen LogP contribution is -2.29. The van der Waals surface area contributed by atoms with Crippen molar-refractivity contribution in [1.82, 2.24) is 4.98 Å². The summed E-state index contributed by atoms with van der Waals surface area (Å²) in [6, 6.07) is 11.6. The van der Waals surface area contributed by atoms with Gasteiger partial charge in [-0.05, 0) is 43.2 Å². The van der Waals surface area contributed by atoms with Crippen molar-refractivity contribution in [1.29, 1.82) is 0 Å². The largest absolute Gasteiger partial charge is 0.497 e. The maximum Gasteiger partial charge on any atom is 0.179 e. The first-order valence-electron chi connectivity index (χ1n) is 7.96. The van der Waals surface area contributed by atoms with Crippen LogP contribution >= 0.6 is 0 Å². The molecule has 1 aliphatic rings. The van der Waals surface area contributed by atoms with E-state index in [0.717, 1.165) is 18.7 Å². The molecule has 0 aliphatic carbocycles. The maximum atomic E-state index is 12.1. The smallest absolute Gasteiger partial charge is 0.179 e. The van der Waals surface area contributed by atoms with Crippen molar-refractivity contribution in [3.05, 3.63) is 48.2 Å². The Morgan fingerprint density at radius 1 is 1.21 bits per heavy atom. The summed E-state index contributed by atoms with van der Waals surface area (Å²) in [5, 5.41) is 0. The number of hydrogen-bond donors (Lipinski definition) is 0. The summed E-state index contributed by atoms with van der Waals surface area (Å²) >= 11 is 0. The molecule has 2 heterocycles. The minimum Gasteiger partial charge on any atom is -0.497 e. The average Bonchev–Trinajstić information content (AvgIpc) is 2.96. The zero-order chi connectivity index (χ0) is 17.3. The Morgan fingerprint density at radius 3 is 2.54 bits per heavy atom. The summed E-state index contributed by atoms with van der Waals surface area (Å²) < 4.78 is 29.3. The van der Waals surface area contributed by atoms with Crippen molar-refractivity contribution < 1.29 is 13.2 Å². The molecule has 0 saturated carbocycles. The molecule has 5 nitrogen and oxygen atoms in total. The summed E-state index contributed by atoms with van der Waals surface area (Å²) in [5.41, 5.74) is 1.24. The molecule has 6 heteroatoms. The van der Waals surface area contributed by atoms with E-state index in [1.807, 2.05) is 12.1 Å². The zero-order valence-corrected chi connectivity index (χ0v) is 15.0. The van der Waals surface area contributed by atoms with Gasteiger partial charge in [0.25, 0.3) is 0 Å². The van der Waals surface area contributed by atoms with E-state index >= 15 is 0 Å². The van der Waals surface area contributed by atoms with E-state index in [1.54, 1.807) is 25.4 Å². The van der Waals surface area contributed by atoms with Crippen molar-refractivity contribution in [3.63, 3.8) is 0 Å². The van der Waals surface area contributed by atoms with E-state index in [4.69, 9.17) is 4.74 Å². The second-order valence-electron chi connectivity index (χ2n) is 6.30. The maximum absolute atomic E-state index is 12.1. The number of sulfone groups is 1. The molecule has 24 heavy (non-hydrogen) atoms. The highest BCUT2D eigenvalue weighted by Crippen LogP contribution is 2.36. The predicted molar refractivity (Wildman–Crippen MR) is 94.5 cm³/mol. The molecule has 0 radical (unpaired) electrons. The fourth-order valence-corrected chi connectivity index (χ4v) is 4.16. The highest BCUT2D eigenvalue weighted by Gasteiger charge is 2.33. The van der Waals surface area contributed by atoms with Crippen LogP contribution in [0.15, 0.2) is 47.5 Å². The number of hydrogen-bond acceptors (Lipinski definition) is 5. The Kier molecular flexibility index (Phi) is 4.49. The molecule has 1 aliphatic heterocycles. The van der Waals surface area contributed by atoms with Gasteiger partial charge in [0.05, 0.1) is 7.11 Å². The fourth-order valence-electron chi connectivity index (χ4n) is 3.33. The first-order valence-corrected chi connectivity index (χ1v) is 9.85. The highest BCUT2D eigenvalue weighted by atomic mass is 32.2. The van der Waals surface area contributed by atoms with Crippen molar-refractivity contribution in [3.8, 4) is 5.75 Å². The average molecular weight is 346 g/mol.